The highest BCUT2D eigenvalue weighted by Gasteiger charge is 2.23. The van der Waals surface area contributed by atoms with Crippen LogP contribution in [0.15, 0.2) is 50.1 Å². The van der Waals surface area contributed by atoms with Gasteiger partial charge in [-0.3, -0.25) is 4.79 Å². The molecule has 3 rings (SSSR count). The Balaban J connectivity index is 1.87. The summed E-state index contributed by atoms with van der Waals surface area (Å²) in [7, 11) is 0. The lowest BCUT2D eigenvalue weighted by molar-refractivity contribution is 0.0684. The molecule has 0 bridgehead atoms. The molecule has 0 N–H and O–H groups in total. The maximum absolute atomic E-state index is 12.9. The first-order valence-corrected chi connectivity index (χ1v) is 8.77. The summed E-state index contributed by atoms with van der Waals surface area (Å²) in [6, 6.07) is 9.60. The topological polar surface area (TPSA) is 46.6 Å². The number of hydrogen-bond donors (Lipinski definition) is 0. The molecular weight excluding hydrogens is 378 g/mol. The fourth-order valence-corrected chi connectivity index (χ4v) is 3.76. The van der Waals surface area contributed by atoms with E-state index in [0.717, 1.165) is 16.2 Å². The molecule has 3 heterocycles. The van der Waals surface area contributed by atoms with Gasteiger partial charge in [0.2, 0.25) is 0 Å². The summed E-state index contributed by atoms with van der Waals surface area (Å²) in [6.07, 6.45) is 1.61. The quantitative estimate of drug-likeness (QED) is 0.601. The Morgan fingerprint density at radius 1 is 1.26 bits per heavy atom. The predicted octanol–water partition coefficient (Wildman–Crippen LogP) is 5.16. The number of carbonyl (C=O) groups is 1. The number of carbonyl (C=O) groups excluding carboxylic acids is 1. The van der Waals surface area contributed by atoms with Crippen LogP contribution in [0.2, 0.25) is 0 Å². The number of aryl methyl sites for hydroxylation is 2. The fraction of sp³-hybridized carbons (Fsp3) is 0.235. The van der Waals surface area contributed by atoms with Gasteiger partial charge in [-0.15, -0.1) is 11.3 Å². The molecule has 0 aromatic carbocycles. The third kappa shape index (κ3) is 3.76. The molecule has 4 nitrogen and oxygen atoms in total. The number of furan rings is 2. The molecule has 0 aliphatic carbocycles. The molecular formula is C17H16BrNO3S. The van der Waals surface area contributed by atoms with Crippen molar-refractivity contribution in [3.05, 3.63) is 68.1 Å². The zero-order chi connectivity index (χ0) is 16.4. The highest BCUT2D eigenvalue weighted by molar-refractivity contribution is 9.10. The van der Waals surface area contributed by atoms with Crippen LogP contribution in [0.3, 0.4) is 0 Å². The van der Waals surface area contributed by atoms with Crippen molar-refractivity contribution in [3.8, 4) is 0 Å². The van der Waals surface area contributed by atoms with Gasteiger partial charge in [-0.1, -0.05) is 0 Å². The second kappa shape index (κ2) is 6.76. The first-order chi connectivity index (χ1) is 11.0. The standard InChI is InChI=1S/C17H16BrNO3S/c1-11-8-15(18)22-16(11)17(20)19(9-13-4-3-7-21-13)10-14-6-5-12(2)23-14/h3-8H,9-10H2,1-2H3. The first-order valence-electron chi connectivity index (χ1n) is 7.16. The van der Waals surface area contributed by atoms with Gasteiger partial charge in [-0.05, 0) is 60.1 Å². The van der Waals surface area contributed by atoms with E-state index in [2.05, 4.69) is 28.9 Å². The van der Waals surface area contributed by atoms with E-state index in [1.54, 1.807) is 28.6 Å². The van der Waals surface area contributed by atoms with Crippen LogP contribution in [0.4, 0.5) is 0 Å². The van der Waals surface area contributed by atoms with Crippen LogP contribution in [0.25, 0.3) is 0 Å². The Labute approximate surface area is 146 Å². The zero-order valence-electron chi connectivity index (χ0n) is 12.8. The maximum atomic E-state index is 12.9. The van der Waals surface area contributed by atoms with Gasteiger partial charge in [-0.25, -0.2) is 0 Å². The van der Waals surface area contributed by atoms with Gasteiger partial charge in [0.15, 0.2) is 10.4 Å². The molecule has 0 saturated carbocycles. The number of rotatable bonds is 5. The molecule has 0 aliphatic rings. The van der Waals surface area contributed by atoms with Crippen molar-refractivity contribution in [1.29, 1.82) is 0 Å². The van der Waals surface area contributed by atoms with Crippen molar-refractivity contribution < 1.29 is 13.6 Å². The molecule has 0 aliphatic heterocycles. The van der Waals surface area contributed by atoms with Crippen LogP contribution in [0.5, 0.6) is 0 Å². The number of amides is 1. The summed E-state index contributed by atoms with van der Waals surface area (Å²) in [5, 5.41) is 0. The normalized spacial score (nSPS) is 10.9. The Morgan fingerprint density at radius 2 is 2.09 bits per heavy atom. The SMILES string of the molecule is Cc1ccc(CN(Cc2ccco2)C(=O)c2oc(Br)cc2C)s1. The second-order valence-corrected chi connectivity index (χ2v) is 7.47. The Morgan fingerprint density at radius 3 is 2.65 bits per heavy atom. The number of hydrogen-bond acceptors (Lipinski definition) is 4. The van der Waals surface area contributed by atoms with Crippen LogP contribution in [0, 0.1) is 13.8 Å². The van der Waals surface area contributed by atoms with E-state index < -0.39 is 0 Å². The Kier molecular flexibility index (Phi) is 4.73. The Bertz CT molecular complexity index is 804. The zero-order valence-corrected chi connectivity index (χ0v) is 15.2. The van der Waals surface area contributed by atoms with Gasteiger partial charge < -0.3 is 13.7 Å². The van der Waals surface area contributed by atoms with E-state index in [1.165, 1.54) is 4.88 Å². The lowest BCUT2D eigenvalue weighted by Gasteiger charge is -2.20. The average Bonchev–Trinajstić information content (AvgIpc) is 3.21. The summed E-state index contributed by atoms with van der Waals surface area (Å²) in [6.45, 7) is 4.85. The molecule has 0 unspecified atom stereocenters. The summed E-state index contributed by atoms with van der Waals surface area (Å²) in [5.74, 6) is 0.960. The summed E-state index contributed by atoms with van der Waals surface area (Å²) >= 11 is 4.96. The number of halogens is 1. The maximum Gasteiger partial charge on any atom is 0.290 e. The largest absolute Gasteiger partial charge is 0.467 e. The van der Waals surface area contributed by atoms with Gasteiger partial charge in [0, 0.05) is 15.3 Å². The smallest absolute Gasteiger partial charge is 0.290 e. The van der Waals surface area contributed by atoms with Crippen LogP contribution >= 0.6 is 27.3 Å². The van der Waals surface area contributed by atoms with Gasteiger partial charge in [-0.2, -0.15) is 0 Å². The monoisotopic (exact) mass is 393 g/mol. The van der Waals surface area contributed by atoms with Crippen LogP contribution < -0.4 is 0 Å². The molecule has 0 saturated heterocycles. The van der Waals surface area contributed by atoms with Crippen molar-refractivity contribution in [2.45, 2.75) is 26.9 Å². The van der Waals surface area contributed by atoms with Crippen molar-refractivity contribution in [3.63, 3.8) is 0 Å². The average molecular weight is 394 g/mol. The molecule has 0 fully saturated rings. The predicted molar refractivity (Wildman–Crippen MR) is 92.5 cm³/mol. The fourth-order valence-electron chi connectivity index (χ4n) is 2.35. The minimum atomic E-state index is -0.143. The third-order valence-corrected chi connectivity index (χ3v) is 4.81. The molecule has 3 aromatic rings. The van der Waals surface area contributed by atoms with E-state index in [1.807, 2.05) is 25.1 Å². The van der Waals surface area contributed by atoms with Gasteiger partial charge in [0.25, 0.3) is 5.91 Å². The van der Waals surface area contributed by atoms with Crippen molar-refractivity contribution >= 4 is 33.2 Å². The lowest BCUT2D eigenvalue weighted by atomic mass is 10.2. The van der Waals surface area contributed by atoms with E-state index in [0.29, 0.717) is 23.5 Å². The van der Waals surface area contributed by atoms with Crippen molar-refractivity contribution in [1.82, 2.24) is 4.90 Å². The molecule has 0 atom stereocenters. The number of nitrogens with zero attached hydrogens (tertiary/aromatic N) is 1. The summed E-state index contributed by atoms with van der Waals surface area (Å²) in [5.41, 5.74) is 0.814. The molecule has 0 radical (unpaired) electrons. The first kappa shape index (κ1) is 16.1. The molecule has 23 heavy (non-hydrogen) atoms. The van der Waals surface area contributed by atoms with Gasteiger partial charge >= 0.3 is 0 Å². The van der Waals surface area contributed by atoms with Gasteiger partial charge in [0.1, 0.15) is 5.76 Å². The minimum absolute atomic E-state index is 0.143. The van der Waals surface area contributed by atoms with E-state index in [9.17, 15) is 4.79 Å². The summed E-state index contributed by atoms with van der Waals surface area (Å²) < 4.78 is 11.5. The van der Waals surface area contributed by atoms with Crippen LogP contribution in [-0.4, -0.2) is 10.8 Å². The second-order valence-electron chi connectivity index (χ2n) is 5.32. The van der Waals surface area contributed by atoms with Gasteiger partial charge in [0.05, 0.1) is 19.4 Å². The van der Waals surface area contributed by atoms with E-state index >= 15 is 0 Å². The Hall–Kier alpha value is -1.79. The molecule has 3 aromatic heterocycles. The molecule has 1 amide bonds. The van der Waals surface area contributed by atoms with Crippen molar-refractivity contribution in [2.24, 2.45) is 0 Å². The third-order valence-electron chi connectivity index (χ3n) is 3.44. The molecule has 6 heteroatoms. The minimum Gasteiger partial charge on any atom is -0.467 e. The highest BCUT2D eigenvalue weighted by atomic mass is 79.9. The van der Waals surface area contributed by atoms with Crippen LogP contribution in [-0.2, 0) is 13.1 Å². The molecule has 0 spiro atoms. The highest BCUT2D eigenvalue weighted by Crippen LogP contribution is 2.24. The van der Waals surface area contributed by atoms with E-state index in [4.69, 9.17) is 8.83 Å². The van der Waals surface area contributed by atoms with Crippen LogP contribution in [0.1, 0.15) is 31.6 Å². The molecule has 120 valence electrons. The van der Waals surface area contributed by atoms with Crippen molar-refractivity contribution in [2.75, 3.05) is 0 Å². The number of thiophene rings is 1. The summed E-state index contributed by atoms with van der Waals surface area (Å²) in [4.78, 5) is 17.0. The lowest BCUT2D eigenvalue weighted by Crippen LogP contribution is -2.29. The van der Waals surface area contributed by atoms with E-state index in [-0.39, 0.29) is 5.91 Å².